The monoisotopic (exact) mass is 377 g/mol. The Labute approximate surface area is 155 Å². The van der Waals surface area contributed by atoms with Gasteiger partial charge < -0.3 is 4.52 Å². The van der Waals surface area contributed by atoms with Crippen molar-refractivity contribution in [3.63, 3.8) is 0 Å². The fourth-order valence-corrected chi connectivity index (χ4v) is 3.99. The Morgan fingerprint density at radius 2 is 2.08 bits per heavy atom. The molecule has 0 fully saturated rings. The van der Waals surface area contributed by atoms with Crippen LogP contribution in [-0.4, -0.2) is 14.7 Å². The van der Waals surface area contributed by atoms with Crippen LogP contribution in [0.4, 0.5) is 0 Å². The number of benzene rings is 1. The highest BCUT2D eigenvalue weighted by Crippen LogP contribution is 2.26. The van der Waals surface area contributed by atoms with E-state index in [1.165, 1.54) is 11.8 Å². The molecule has 0 aliphatic rings. The van der Waals surface area contributed by atoms with Gasteiger partial charge >= 0.3 is 0 Å². The average Bonchev–Trinajstić information content (AvgIpc) is 2.87. The largest absolute Gasteiger partial charge is 0.361 e. The van der Waals surface area contributed by atoms with E-state index in [-0.39, 0.29) is 5.56 Å². The number of fused-ring (bicyclic) bond motifs is 1. The van der Waals surface area contributed by atoms with Crippen LogP contribution in [0.3, 0.4) is 0 Å². The zero-order valence-corrected chi connectivity index (χ0v) is 16.2. The Bertz CT molecular complexity index is 959. The molecule has 25 heavy (non-hydrogen) atoms. The van der Waals surface area contributed by atoms with E-state index in [2.05, 4.69) is 19.0 Å². The maximum absolute atomic E-state index is 13.0. The first-order valence-electron chi connectivity index (χ1n) is 8.11. The predicted octanol–water partition coefficient (Wildman–Crippen LogP) is 4.60. The van der Waals surface area contributed by atoms with Crippen molar-refractivity contribution in [1.82, 2.24) is 14.7 Å². The number of hydrogen-bond acceptors (Lipinski definition) is 5. The molecule has 0 amide bonds. The van der Waals surface area contributed by atoms with Crippen LogP contribution in [0.5, 0.6) is 0 Å². The van der Waals surface area contributed by atoms with Crippen LogP contribution >= 0.6 is 23.4 Å². The SMILES string of the molecule is Cc1noc(C)c1CSc1nc2ccc(Cl)cc2c(=O)n1CC(C)C. The molecule has 0 bridgehead atoms. The van der Waals surface area contributed by atoms with Gasteiger partial charge in [0.25, 0.3) is 5.56 Å². The predicted molar refractivity (Wildman–Crippen MR) is 101 cm³/mol. The summed E-state index contributed by atoms with van der Waals surface area (Å²) in [5.74, 6) is 1.79. The first kappa shape index (κ1) is 18.0. The number of halogens is 1. The zero-order valence-electron chi connectivity index (χ0n) is 14.7. The van der Waals surface area contributed by atoms with Gasteiger partial charge in [0.1, 0.15) is 5.76 Å². The number of thioether (sulfide) groups is 1. The molecule has 0 atom stereocenters. The lowest BCUT2D eigenvalue weighted by molar-refractivity contribution is 0.392. The van der Waals surface area contributed by atoms with Crippen LogP contribution in [-0.2, 0) is 12.3 Å². The van der Waals surface area contributed by atoms with Crippen molar-refractivity contribution in [3.05, 3.63) is 50.6 Å². The second kappa shape index (κ2) is 7.22. The maximum Gasteiger partial charge on any atom is 0.262 e. The summed E-state index contributed by atoms with van der Waals surface area (Å²) in [6.07, 6.45) is 0. The topological polar surface area (TPSA) is 60.9 Å². The quantitative estimate of drug-likeness (QED) is 0.480. The fourth-order valence-electron chi connectivity index (χ4n) is 2.65. The molecule has 1 aromatic carbocycles. The van der Waals surface area contributed by atoms with E-state index in [0.29, 0.717) is 39.3 Å². The number of aryl methyl sites for hydroxylation is 2. The fraction of sp³-hybridized carbons (Fsp3) is 0.389. The molecule has 2 heterocycles. The molecule has 0 N–H and O–H groups in total. The molecule has 2 aromatic heterocycles. The molecule has 0 aliphatic carbocycles. The van der Waals surface area contributed by atoms with E-state index in [9.17, 15) is 4.79 Å². The van der Waals surface area contributed by atoms with Gasteiger partial charge in [-0.05, 0) is 38.0 Å². The minimum absolute atomic E-state index is 0.0533. The summed E-state index contributed by atoms with van der Waals surface area (Å²) < 4.78 is 6.96. The molecule has 7 heteroatoms. The van der Waals surface area contributed by atoms with Gasteiger partial charge in [0.2, 0.25) is 0 Å². The summed E-state index contributed by atoms with van der Waals surface area (Å²) >= 11 is 7.58. The highest BCUT2D eigenvalue weighted by molar-refractivity contribution is 7.98. The molecule has 5 nitrogen and oxygen atoms in total. The van der Waals surface area contributed by atoms with E-state index < -0.39 is 0 Å². The Kier molecular flexibility index (Phi) is 5.20. The number of nitrogens with zero attached hydrogens (tertiary/aromatic N) is 3. The van der Waals surface area contributed by atoms with E-state index in [4.69, 9.17) is 21.1 Å². The van der Waals surface area contributed by atoms with Gasteiger partial charge in [-0.15, -0.1) is 0 Å². The number of rotatable bonds is 5. The Balaban J connectivity index is 2.06. The maximum atomic E-state index is 13.0. The van der Waals surface area contributed by atoms with Gasteiger partial charge in [-0.25, -0.2) is 4.98 Å². The minimum atomic E-state index is -0.0533. The molecule has 3 aromatic rings. The average molecular weight is 378 g/mol. The molecule has 0 unspecified atom stereocenters. The summed E-state index contributed by atoms with van der Waals surface area (Å²) in [6, 6.07) is 5.23. The Morgan fingerprint density at radius 1 is 1.32 bits per heavy atom. The van der Waals surface area contributed by atoms with Gasteiger partial charge in [0.15, 0.2) is 5.16 Å². The lowest BCUT2D eigenvalue weighted by Gasteiger charge is -2.15. The number of aromatic nitrogens is 3. The molecular weight excluding hydrogens is 358 g/mol. The number of hydrogen-bond donors (Lipinski definition) is 0. The molecule has 0 aliphatic heterocycles. The highest BCUT2D eigenvalue weighted by atomic mass is 35.5. The second-order valence-corrected chi connectivity index (χ2v) is 7.84. The Hall–Kier alpha value is -1.79. The van der Waals surface area contributed by atoms with Gasteiger partial charge in [-0.3, -0.25) is 9.36 Å². The van der Waals surface area contributed by atoms with Crippen molar-refractivity contribution in [3.8, 4) is 0 Å². The van der Waals surface area contributed by atoms with Gasteiger partial charge in [0.05, 0.1) is 16.6 Å². The van der Waals surface area contributed by atoms with E-state index >= 15 is 0 Å². The standard InChI is InChI=1S/C18H20ClN3O2S/c1-10(2)8-22-17(23)14-7-13(19)5-6-16(14)20-18(22)25-9-15-11(3)21-24-12(15)4/h5-7,10H,8-9H2,1-4H3. The van der Waals surface area contributed by atoms with E-state index in [1.807, 2.05) is 13.8 Å². The molecule has 0 spiro atoms. The molecular formula is C18H20ClN3O2S. The van der Waals surface area contributed by atoms with Crippen LogP contribution in [0.15, 0.2) is 32.7 Å². The molecule has 0 radical (unpaired) electrons. The van der Waals surface area contributed by atoms with Gasteiger partial charge in [-0.1, -0.05) is 42.4 Å². The first-order valence-corrected chi connectivity index (χ1v) is 9.47. The lowest BCUT2D eigenvalue weighted by atomic mass is 10.2. The summed E-state index contributed by atoms with van der Waals surface area (Å²) in [5.41, 5.74) is 2.53. The first-order chi connectivity index (χ1) is 11.9. The second-order valence-electron chi connectivity index (χ2n) is 6.46. The molecule has 3 rings (SSSR count). The summed E-state index contributed by atoms with van der Waals surface area (Å²) in [7, 11) is 0. The summed E-state index contributed by atoms with van der Waals surface area (Å²) in [6.45, 7) is 8.59. The minimum Gasteiger partial charge on any atom is -0.361 e. The van der Waals surface area contributed by atoms with Crippen LogP contribution < -0.4 is 5.56 Å². The lowest BCUT2D eigenvalue weighted by Crippen LogP contribution is -2.25. The van der Waals surface area contributed by atoms with Crippen molar-refractivity contribution in [2.24, 2.45) is 5.92 Å². The Morgan fingerprint density at radius 3 is 2.72 bits per heavy atom. The molecule has 132 valence electrons. The van der Waals surface area contributed by atoms with Crippen molar-refractivity contribution < 1.29 is 4.52 Å². The van der Waals surface area contributed by atoms with Crippen LogP contribution in [0.2, 0.25) is 5.02 Å². The summed E-state index contributed by atoms with van der Waals surface area (Å²) in [5, 5.41) is 5.78. The summed E-state index contributed by atoms with van der Waals surface area (Å²) in [4.78, 5) is 17.7. The van der Waals surface area contributed by atoms with Crippen LogP contribution in [0, 0.1) is 19.8 Å². The van der Waals surface area contributed by atoms with E-state index in [0.717, 1.165) is 17.0 Å². The van der Waals surface area contributed by atoms with Crippen LogP contribution in [0.1, 0.15) is 30.9 Å². The van der Waals surface area contributed by atoms with Crippen LogP contribution in [0.25, 0.3) is 10.9 Å². The molecule has 0 saturated heterocycles. The van der Waals surface area contributed by atoms with Crippen molar-refractivity contribution in [2.75, 3.05) is 0 Å². The van der Waals surface area contributed by atoms with Crippen molar-refractivity contribution >= 4 is 34.3 Å². The smallest absolute Gasteiger partial charge is 0.262 e. The van der Waals surface area contributed by atoms with Crippen molar-refractivity contribution in [2.45, 2.75) is 45.1 Å². The van der Waals surface area contributed by atoms with Crippen molar-refractivity contribution in [1.29, 1.82) is 0 Å². The third kappa shape index (κ3) is 3.75. The third-order valence-corrected chi connectivity index (χ3v) is 5.19. The molecule has 0 saturated carbocycles. The highest BCUT2D eigenvalue weighted by Gasteiger charge is 2.16. The van der Waals surface area contributed by atoms with Gasteiger partial charge in [0, 0.05) is 22.9 Å². The normalized spacial score (nSPS) is 11.6. The zero-order chi connectivity index (χ0) is 18.1. The van der Waals surface area contributed by atoms with Gasteiger partial charge in [-0.2, -0.15) is 0 Å². The van der Waals surface area contributed by atoms with E-state index in [1.54, 1.807) is 22.8 Å². The third-order valence-electron chi connectivity index (χ3n) is 3.96.